The molecule has 204 valence electrons. The maximum atomic E-state index is 11.2. The number of benzene rings is 1. The van der Waals surface area contributed by atoms with Crippen LogP contribution in [0.3, 0.4) is 0 Å². The lowest BCUT2D eigenvalue weighted by Gasteiger charge is -2.37. The molecule has 0 spiro atoms. The summed E-state index contributed by atoms with van der Waals surface area (Å²) in [6, 6.07) is 10.2. The molecule has 6 heteroatoms. The van der Waals surface area contributed by atoms with Gasteiger partial charge in [-0.15, -0.1) is 0 Å². The molecule has 2 aliphatic heterocycles. The summed E-state index contributed by atoms with van der Waals surface area (Å²) in [4.78, 5) is 11.2. The van der Waals surface area contributed by atoms with Crippen LogP contribution in [0.15, 0.2) is 30.3 Å². The molecule has 0 radical (unpaired) electrons. The minimum Gasteiger partial charge on any atom is -0.393 e. The number of carbonyl (C=O) groups is 1. The van der Waals surface area contributed by atoms with Crippen LogP contribution >= 0.6 is 0 Å². The minimum atomic E-state index is -0.267. The number of aliphatic hydroxyl groups is 1. The summed E-state index contributed by atoms with van der Waals surface area (Å²) in [6.07, 6.45) is 12.7. The summed E-state index contributed by atoms with van der Waals surface area (Å²) in [5.74, 6) is 0. The predicted octanol–water partition coefficient (Wildman–Crippen LogP) is 5.77. The van der Waals surface area contributed by atoms with Gasteiger partial charge >= 0.3 is 0 Å². The quantitative estimate of drug-likeness (QED) is 0.227. The lowest BCUT2D eigenvalue weighted by Crippen LogP contribution is -2.40. The van der Waals surface area contributed by atoms with Crippen LogP contribution < -0.4 is 0 Å². The molecule has 0 saturated carbocycles. The van der Waals surface area contributed by atoms with Crippen molar-refractivity contribution in [2.75, 3.05) is 7.11 Å². The van der Waals surface area contributed by atoms with Gasteiger partial charge in [0.25, 0.3) is 0 Å². The second-order valence-corrected chi connectivity index (χ2v) is 10.7. The Balaban J connectivity index is 1.47. The molecule has 2 saturated heterocycles. The normalized spacial score (nSPS) is 28.5. The SMILES string of the molecule is CCCCC[C@@H](O)C[C@@H]1CCCC(C[C@H](CC2C[C@H](OCc3ccccc3)C[C@@H](CC=O)O2)OC)O1. The molecule has 1 aromatic carbocycles. The first-order chi connectivity index (χ1) is 17.6. The van der Waals surface area contributed by atoms with E-state index in [1.807, 2.05) is 18.2 Å². The number of aldehydes is 1. The van der Waals surface area contributed by atoms with Gasteiger partial charge in [-0.3, -0.25) is 0 Å². The van der Waals surface area contributed by atoms with Crippen molar-refractivity contribution >= 4 is 6.29 Å². The van der Waals surface area contributed by atoms with Crippen molar-refractivity contribution in [3.05, 3.63) is 35.9 Å². The molecule has 6 nitrogen and oxygen atoms in total. The van der Waals surface area contributed by atoms with Gasteiger partial charge in [0.05, 0.1) is 49.3 Å². The van der Waals surface area contributed by atoms with E-state index in [2.05, 4.69) is 19.1 Å². The zero-order valence-electron chi connectivity index (χ0n) is 22.4. The Bertz CT molecular complexity index is 713. The van der Waals surface area contributed by atoms with Crippen LogP contribution in [-0.2, 0) is 30.3 Å². The highest BCUT2D eigenvalue weighted by Gasteiger charge is 2.33. The highest BCUT2D eigenvalue weighted by molar-refractivity contribution is 5.50. The number of hydrogen-bond donors (Lipinski definition) is 1. The summed E-state index contributed by atoms with van der Waals surface area (Å²) < 4.78 is 24.8. The Labute approximate surface area is 218 Å². The van der Waals surface area contributed by atoms with Crippen LogP contribution in [0.25, 0.3) is 0 Å². The molecule has 0 aliphatic carbocycles. The number of carbonyl (C=O) groups excluding carboxylic acids is 1. The van der Waals surface area contributed by atoms with E-state index in [4.69, 9.17) is 18.9 Å². The monoisotopic (exact) mass is 504 g/mol. The predicted molar refractivity (Wildman–Crippen MR) is 141 cm³/mol. The molecule has 1 N–H and O–H groups in total. The van der Waals surface area contributed by atoms with E-state index in [1.165, 1.54) is 12.8 Å². The smallest absolute Gasteiger partial charge is 0.122 e. The van der Waals surface area contributed by atoms with Crippen LogP contribution in [0.2, 0.25) is 0 Å². The molecule has 1 aromatic rings. The highest BCUT2D eigenvalue weighted by Crippen LogP contribution is 2.31. The zero-order valence-corrected chi connectivity index (χ0v) is 22.4. The number of rotatable bonds is 16. The fourth-order valence-electron chi connectivity index (χ4n) is 5.66. The third-order valence-corrected chi connectivity index (χ3v) is 7.62. The van der Waals surface area contributed by atoms with Crippen molar-refractivity contribution < 1.29 is 28.8 Å². The number of ether oxygens (including phenoxy) is 4. The fourth-order valence-corrected chi connectivity index (χ4v) is 5.66. The fraction of sp³-hybridized carbons (Fsp3) is 0.767. The van der Waals surface area contributed by atoms with Crippen molar-refractivity contribution in [1.82, 2.24) is 0 Å². The average Bonchev–Trinajstić information content (AvgIpc) is 2.88. The topological polar surface area (TPSA) is 74.2 Å². The first kappa shape index (κ1) is 29.2. The van der Waals surface area contributed by atoms with E-state index in [-0.39, 0.29) is 42.7 Å². The highest BCUT2D eigenvalue weighted by atomic mass is 16.5. The summed E-state index contributed by atoms with van der Waals surface area (Å²) in [5, 5.41) is 10.4. The summed E-state index contributed by atoms with van der Waals surface area (Å²) in [7, 11) is 1.76. The Morgan fingerprint density at radius 3 is 2.42 bits per heavy atom. The van der Waals surface area contributed by atoms with E-state index in [0.717, 1.165) is 76.1 Å². The molecule has 0 amide bonds. The molecule has 2 unspecified atom stereocenters. The van der Waals surface area contributed by atoms with Crippen molar-refractivity contribution in [3.8, 4) is 0 Å². The molecule has 0 aromatic heterocycles. The molecule has 2 aliphatic rings. The largest absolute Gasteiger partial charge is 0.393 e. The maximum absolute atomic E-state index is 11.2. The van der Waals surface area contributed by atoms with Gasteiger partial charge in [-0.25, -0.2) is 0 Å². The lowest BCUT2D eigenvalue weighted by atomic mass is 9.92. The summed E-state index contributed by atoms with van der Waals surface area (Å²) >= 11 is 0. The first-order valence-corrected chi connectivity index (χ1v) is 14.2. The van der Waals surface area contributed by atoms with E-state index >= 15 is 0 Å². The van der Waals surface area contributed by atoms with Crippen molar-refractivity contribution in [3.63, 3.8) is 0 Å². The first-order valence-electron chi connectivity index (χ1n) is 14.2. The van der Waals surface area contributed by atoms with Crippen LogP contribution in [0, 0.1) is 0 Å². The van der Waals surface area contributed by atoms with Gasteiger partial charge in [-0.2, -0.15) is 0 Å². The Hall–Kier alpha value is -1.31. The number of methoxy groups -OCH3 is 1. The Morgan fingerprint density at radius 1 is 1.00 bits per heavy atom. The van der Waals surface area contributed by atoms with E-state index in [1.54, 1.807) is 7.11 Å². The van der Waals surface area contributed by atoms with Crippen molar-refractivity contribution in [1.29, 1.82) is 0 Å². The maximum Gasteiger partial charge on any atom is 0.122 e. The van der Waals surface area contributed by atoms with Crippen molar-refractivity contribution in [2.45, 2.75) is 140 Å². The molecular weight excluding hydrogens is 456 g/mol. The van der Waals surface area contributed by atoms with Gasteiger partial charge in [-0.05, 0) is 56.9 Å². The van der Waals surface area contributed by atoms with Crippen LogP contribution in [0.4, 0.5) is 0 Å². The second kappa shape index (κ2) is 16.5. The van der Waals surface area contributed by atoms with Crippen LogP contribution in [0.1, 0.15) is 96.0 Å². The average molecular weight is 505 g/mol. The molecule has 2 fully saturated rings. The number of hydrogen-bond acceptors (Lipinski definition) is 6. The van der Waals surface area contributed by atoms with E-state index < -0.39 is 0 Å². The molecule has 7 atom stereocenters. The van der Waals surface area contributed by atoms with Crippen LogP contribution in [-0.4, -0.2) is 61.2 Å². The standard InChI is InChI=1S/C30H48O6/c1-3-4-6-12-24(32)17-25-13-9-14-26(35-25)18-28(33-2)20-30-21-29(19-27(36-30)15-16-31)34-22-23-10-7-5-8-11-23/h5,7-8,10-11,16,24-30,32H,3-4,6,9,12-15,17-22H2,1-2H3/t24-,25+,26?,27-,28-,29-,30?/m1/s1. The van der Waals surface area contributed by atoms with Gasteiger partial charge in [0.15, 0.2) is 0 Å². The molecular formula is C30H48O6. The van der Waals surface area contributed by atoms with Gasteiger partial charge < -0.3 is 28.8 Å². The van der Waals surface area contributed by atoms with Gasteiger partial charge in [0.1, 0.15) is 6.29 Å². The van der Waals surface area contributed by atoms with Crippen LogP contribution in [0.5, 0.6) is 0 Å². The second-order valence-electron chi connectivity index (χ2n) is 10.7. The van der Waals surface area contributed by atoms with E-state index in [9.17, 15) is 9.90 Å². The summed E-state index contributed by atoms with van der Waals surface area (Å²) in [5.41, 5.74) is 1.15. The Kier molecular flexibility index (Phi) is 13.4. The van der Waals surface area contributed by atoms with Gasteiger partial charge in [0, 0.05) is 20.0 Å². The third kappa shape index (κ3) is 10.6. The molecule has 3 rings (SSSR count). The Morgan fingerprint density at radius 2 is 1.69 bits per heavy atom. The summed E-state index contributed by atoms with van der Waals surface area (Å²) in [6.45, 7) is 2.76. The van der Waals surface area contributed by atoms with E-state index in [0.29, 0.717) is 13.0 Å². The zero-order chi connectivity index (χ0) is 25.6. The number of unbranched alkanes of at least 4 members (excludes halogenated alkanes) is 2. The third-order valence-electron chi connectivity index (χ3n) is 7.62. The van der Waals surface area contributed by atoms with Gasteiger partial charge in [-0.1, -0.05) is 56.5 Å². The lowest BCUT2D eigenvalue weighted by molar-refractivity contribution is -0.141. The molecule has 2 heterocycles. The molecule has 0 bridgehead atoms. The molecule has 36 heavy (non-hydrogen) atoms. The van der Waals surface area contributed by atoms with Gasteiger partial charge in [0.2, 0.25) is 0 Å². The van der Waals surface area contributed by atoms with Crippen molar-refractivity contribution in [2.24, 2.45) is 0 Å². The minimum absolute atomic E-state index is 0.00537. The number of aliphatic hydroxyl groups excluding tert-OH is 1.